The number of hydrogen-bond donors (Lipinski definition) is 3. The lowest BCUT2D eigenvalue weighted by Crippen LogP contribution is -2.45. The molecule has 0 saturated carbocycles. The smallest absolute Gasteiger partial charge is 0.254 e. The molecule has 1 aliphatic rings. The number of ether oxygens (including phenoxy) is 1. The molecular formula is C16H22ClN5O2. The Hall–Kier alpha value is -1.96. The first-order valence-electron chi connectivity index (χ1n) is 7.80. The van der Waals surface area contributed by atoms with Crippen LogP contribution in [0.3, 0.4) is 0 Å². The van der Waals surface area contributed by atoms with Gasteiger partial charge in [-0.05, 0) is 12.1 Å². The monoisotopic (exact) mass is 351 g/mol. The molecule has 1 saturated heterocycles. The lowest BCUT2D eigenvalue weighted by molar-refractivity contribution is -0.128. The number of aromatic nitrogens is 3. The normalized spacial score (nSPS) is 17.4. The summed E-state index contributed by atoms with van der Waals surface area (Å²) in [4.78, 5) is 16.8. The number of anilines is 1. The molecule has 7 nitrogen and oxygen atoms in total. The number of carbonyl (C=O) groups excluding carboxylic acids is 1. The number of rotatable bonds is 4. The molecule has 1 atom stereocenters. The van der Waals surface area contributed by atoms with Gasteiger partial charge in [-0.2, -0.15) is 5.10 Å². The minimum atomic E-state index is -0.477. The summed E-state index contributed by atoms with van der Waals surface area (Å²) in [6, 6.07) is 7.50. The highest BCUT2D eigenvalue weighted by atomic mass is 35.5. The number of nitrogens with zero attached hydrogens (tertiary/aromatic N) is 2. The van der Waals surface area contributed by atoms with Crippen molar-refractivity contribution in [2.45, 2.75) is 25.9 Å². The van der Waals surface area contributed by atoms with Gasteiger partial charge in [0.25, 0.3) is 5.91 Å². The maximum atomic E-state index is 12.3. The average Bonchev–Trinajstić information content (AvgIpc) is 3.06. The standard InChI is InChI=1S/C16H21N5O2.ClH/c1-10(2)14-19-15(21-20-14)11-5-3-4-6-12(11)18-16(22)13-9-17-7-8-23-13;/h3-6,10,13,17H,7-9H2,1-2H3,(H,18,22)(H,19,20,21);1H. The van der Waals surface area contributed by atoms with Crippen molar-refractivity contribution in [1.29, 1.82) is 0 Å². The Bertz CT molecular complexity index is 683. The van der Waals surface area contributed by atoms with Crippen LogP contribution in [-0.2, 0) is 9.53 Å². The summed E-state index contributed by atoms with van der Waals surface area (Å²) in [6.45, 7) is 5.93. The summed E-state index contributed by atoms with van der Waals surface area (Å²) >= 11 is 0. The van der Waals surface area contributed by atoms with Crippen LogP contribution in [0.25, 0.3) is 11.4 Å². The number of aromatic amines is 1. The summed E-state index contributed by atoms with van der Waals surface area (Å²) in [5, 5.41) is 13.3. The van der Waals surface area contributed by atoms with Crippen molar-refractivity contribution in [3.8, 4) is 11.4 Å². The first-order valence-corrected chi connectivity index (χ1v) is 7.80. The first-order chi connectivity index (χ1) is 11.1. The molecule has 1 fully saturated rings. The molecule has 1 unspecified atom stereocenters. The highest BCUT2D eigenvalue weighted by Gasteiger charge is 2.23. The van der Waals surface area contributed by atoms with E-state index in [4.69, 9.17) is 4.74 Å². The van der Waals surface area contributed by atoms with Gasteiger partial charge in [0.1, 0.15) is 11.9 Å². The van der Waals surface area contributed by atoms with Gasteiger partial charge < -0.3 is 15.4 Å². The average molecular weight is 352 g/mol. The Kier molecular flexibility index (Phi) is 6.30. The molecule has 3 N–H and O–H groups in total. The van der Waals surface area contributed by atoms with Crippen molar-refractivity contribution in [1.82, 2.24) is 20.5 Å². The van der Waals surface area contributed by atoms with Crippen LogP contribution in [0.1, 0.15) is 25.6 Å². The van der Waals surface area contributed by atoms with E-state index in [1.807, 2.05) is 38.1 Å². The molecule has 2 aromatic rings. The number of nitrogens with one attached hydrogen (secondary N) is 3. The van der Waals surface area contributed by atoms with Gasteiger partial charge in [-0.3, -0.25) is 9.89 Å². The van der Waals surface area contributed by atoms with Gasteiger partial charge in [-0.1, -0.05) is 26.0 Å². The van der Waals surface area contributed by atoms with Crippen LogP contribution in [0.4, 0.5) is 5.69 Å². The molecule has 3 rings (SSSR count). The molecule has 1 aliphatic heterocycles. The number of para-hydroxylation sites is 1. The highest BCUT2D eigenvalue weighted by Crippen LogP contribution is 2.26. The van der Waals surface area contributed by atoms with Crippen molar-refractivity contribution < 1.29 is 9.53 Å². The number of amides is 1. The van der Waals surface area contributed by atoms with Gasteiger partial charge in [-0.25, -0.2) is 4.98 Å². The Morgan fingerprint density at radius 2 is 2.17 bits per heavy atom. The third-order valence-electron chi connectivity index (χ3n) is 3.70. The molecule has 0 radical (unpaired) electrons. The number of H-pyrrole nitrogens is 1. The largest absolute Gasteiger partial charge is 0.366 e. The summed E-state index contributed by atoms with van der Waals surface area (Å²) in [5.41, 5.74) is 1.47. The van der Waals surface area contributed by atoms with Crippen LogP contribution < -0.4 is 10.6 Å². The summed E-state index contributed by atoms with van der Waals surface area (Å²) in [7, 11) is 0. The van der Waals surface area contributed by atoms with Crippen molar-refractivity contribution in [3.05, 3.63) is 30.1 Å². The third-order valence-corrected chi connectivity index (χ3v) is 3.70. The molecule has 8 heteroatoms. The van der Waals surface area contributed by atoms with Crippen LogP contribution in [0.5, 0.6) is 0 Å². The van der Waals surface area contributed by atoms with E-state index in [2.05, 4.69) is 25.8 Å². The predicted octanol–water partition coefficient (Wildman–Crippen LogP) is 1.94. The molecule has 1 aromatic heterocycles. The number of morpholine rings is 1. The fourth-order valence-corrected chi connectivity index (χ4v) is 2.39. The molecule has 2 heterocycles. The van der Waals surface area contributed by atoms with E-state index < -0.39 is 6.10 Å². The Balaban J connectivity index is 0.00000208. The Morgan fingerprint density at radius 3 is 2.83 bits per heavy atom. The Labute approximate surface area is 147 Å². The molecule has 0 aliphatic carbocycles. The van der Waals surface area contributed by atoms with Crippen LogP contribution in [0.15, 0.2) is 24.3 Å². The second-order valence-electron chi connectivity index (χ2n) is 5.80. The van der Waals surface area contributed by atoms with E-state index in [1.165, 1.54) is 0 Å². The first kappa shape index (κ1) is 18.4. The molecule has 0 bridgehead atoms. The maximum Gasteiger partial charge on any atom is 0.254 e. The van der Waals surface area contributed by atoms with Crippen molar-refractivity contribution in [2.24, 2.45) is 0 Å². The zero-order chi connectivity index (χ0) is 16.2. The number of benzene rings is 1. The molecule has 1 amide bonds. The number of halogens is 1. The minimum absolute atomic E-state index is 0. The van der Waals surface area contributed by atoms with Crippen molar-refractivity contribution in [3.63, 3.8) is 0 Å². The van der Waals surface area contributed by atoms with E-state index in [0.29, 0.717) is 24.7 Å². The molecule has 24 heavy (non-hydrogen) atoms. The van der Waals surface area contributed by atoms with E-state index in [0.717, 1.165) is 17.9 Å². The van der Waals surface area contributed by atoms with Crippen LogP contribution in [0.2, 0.25) is 0 Å². The van der Waals surface area contributed by atoms with Crippen LogP contribution >= 0.6 is 12.4 Å². The van der Waals surface area contributed by atoms with Gasteiger partial charge in [0.15, 0.2) is 5.82 Å². The van der Waals surface area contributed by atoms with Crippen LogP contribution in [0, 0.1) is 0 Å². The topological polar surface area (TPSA) is 91.9 Å². The second-order valence-corrected chi connectivity index (χ2v) is 5.80. The molecular weight excluding hydrogens is 330 g/mol. The van der Waals surface area contributed by atoms with Gasteiger partial charge in [0, 0.05) is 24.6 Å². The lowest BCUT2D eigenvalue weighted by Gasteiger charge is -2.23. The maximum absolute atomic E-state index is 12.3. The fourth-order valence-electron chi connectivity index (χ4n) is 2.39. The summed E-state index contributed by atoms with van der Waals surface area (Å²) in [5.74, 6) is 1.50. The number of carbonyl (C=O) groups is 1. The van der Waals surface area contributed by atoms with E-state index in [-0.39, 0.29) is 24.2 Å². The van der Waals surface area contributed by atoms with Gasteiger partial charge >= 0.3 is 0 Å². The third kappa shape index (κ3) is 4.11. The van der Waals surface area contributed by atoms with Gasteiger partial charge in [-0.15, -0.1) is 12.4 Å². The summed E-state index contributed by atoms with van der Waals surface area (Å²) < 4.78 is 5.48. The minimum Gasteiger partial charge on any atom is -0.366 e. The zero-order valence-electron chi connectivity index (χ0n) is 13.7. The van der Waals surface area contributed by atoms with Crippen molar-refractivity contribution >= 4 is 24.0 Å². The predicted molar refractivity (Wildman–Crippen MR) is 94.4 cm³/mol. The van der Waals surface area contributed by atoms with Crippen molar-refractivity contribution in [2.75, 3.05) is 25.0 Å². The number of hydrogen-bond acceptors (Lipinski definition) is 5. The van der Waals surface area contributed by atoms with E-state index >= 15 is 0 Å². The quantitative estimate of drug-likeness (QED) is 0.783. The SMILES string of the molecule is CC(C)c1nc(-c2ccccc2NC(=O)C2CNCCO2)n[nH]1.Cl. The Morgan fingerprint density at radius 1 is 1.38 bits per heavy atom. The molecule has 1 aromatic carbocycles. The molecule has 0 spiro atoms. The van der Waals surface area contributed by atoms with E-state index in [1.54, 1.807) is 0 Å². The second kappa shape index (κ2) is 8.23. The summed E-state index contributed by atoms with van der Waals surface area (Å²) in [6.07, 6.45) is -0.477. The van der Waals surface area contributed by atoms with Gasteiger partial charge in [0.05, 0.1) is 12.3 Å². The lowest BCUT2D eigenvalue weighted by atomic mass is 10.1. The zero-order valence-corrected chi connectivity index (χ0v) is 14.5. The molecule has 130 valence electrons. The van der Waals surface area contributed by atoms with E-state index in [9.17, 15) is 4.79 Å². The highest BCUT2D eigenvalue weighted by molar-refractivity contribution is 5.97. The fraction of sp³-hybridized carbons (Fsp3) is 0.438. The van der Waals surface area contributed by atoms with Crippen LogP contribution in [-0.4, -0.2) is 46.9 Å². The van der Waals surface area contributed by atoms with Gasteiger partial charge in [0.2, 0.25) is 0 Å².